The van der Waals surface area contributed by atoms with Crippen LogP contribution in [0.15, 0.2) is 113 Å². The van der Waals surface area contributed by atoms with Gasteiger partial charge in [0.25, 0.3) is 0 Å². The standard InChI is InChI=1S/C26H24FNO3.C21H26FNO3.C11H9BrO2/c1-15-21(17-7-8-25-19(9-17)10-20(14-31-25)16(2)29)5-4-6-22(15)18-11-24(27)23(13-28)26(12-18)30-3;1-13-8-7-9-16(14(13)2)15-10-18(22)17(19(11-15)25-6)12-23-20(24)26-21(3,4)5;1-7(13)9-4-8-5-10(12)2-3-11(8)14-6-9/h4-12H,13-14,28H2,1-3H3;7-11H,12H2,1-6H3,(H,23,24);2-5H,6H2,1H3. The lowest BCUT2D eigenvalue weighted by atomic mass is 9.91. The maximum absolute atomic E-state index is 14.7. The largest absolute Gasteiger partial charge is 0.496 e. The molecule has 6 aromatic rings. The van der Waals surface area contributed by atoms with Gasteiger partial charge < -0.3 is 34.7 Å². The molecule has 2 aliphatic heterocycles. The number of alkyl carbamates (subject to hydrolysis) is 1. The first-order valence-corrected chi connectivity index (χ1v) is 23.7. The molecule has 2 heterocycles. The highest BCUT2D eigenvalue weighted by Crippen LogP contribution is 2.38. The molecule has 0 aliphatic carbocycles. The number of methoxy groups -OCH3 is 2. The van der Waals surface area contributed by atoms with Crippen molar-refractivity contribution >= 4 is 45.7 Å². The van der Waals surface area contributed by atoms with E-state index in [0.29, 0.717) is 35.8 Å². The second-order valence-electron chi connectivity index (χ2n) is 18.0. The molecule has 0 fully saturated rings. The van der Waals surface area contributed by atoms with E-state index < -0.39 is 17.5 Å². The molecular formula is C58H59BrF2N2O8. The number of hydrogen-bond acceptors (Lipinski definition) is 9. The molecule has 0 bridgehead atoms. The maximum atomic E-state index is 14.7. The van der Waals surface area contributed by atoms with E-state index in [-0.39, 0.29) is 36.0 Å². The van der Waals surface area contributed by atoms with Gasteiger partial charge in [0.1, 0.15) is 53.4 Å². The molecule has 3 N–H and O–H groups in total. The van der Waals surface area contributed by atoms with Crippen LogP contribution in [0, 0.1) is 32.4 Å². The average Bonchev–Trinajstić information content (AvgIpc) is 3.33. The van der Waals surface area contributed by atoms with Crippen molar-refractivity contribution < 1.29 is 46.8 Å². The number of rotatable bonds is 10. The van der Waals surface area contributed by atoms with Crippen molar-refractivity contribution in [2.75, 3.05) is 27.4 Å². The molecule has 0 radical (unpaired) electrons. The quantitative estimate of drug-likeness (QED) is 0.137. The van der Waals surface area contributed by atoms with E-state index in [4.69, 9.17) is 29.4 Å². The molecule has 0 atom stereocenters. The lowest BCUT2D eigenvalue weighted by molar-refractivity contribution is -0.114. The fourth-order valence-electron chi connectivity index (χ4n) is 7.97. The molecule has 0 saturated heterocycles. The molecule has 8 rings (SSSR count). The van der Waals surface area contributed by atoms with Crippen molar-refractivity contribution in [3.05, 3.63) is 163 Å². The van der Waals surface area contributed by atoms with Crippen molar-refractivity contribution in [3.63, 3.8) is 0 Å². The zero-order chi connectivity index (χ0) is 51.7. The van der Waals surface area contributed by atoms with E-state index in [0.717, 1.165) is 82.7 Å². The minimum absolute atomic E-state index is 0.00568. The van der Waals surface area contributed by atoms with Crippen molar-refractivity contribution in [2.24, 2.45) is 5.73 Å². The average molecular weight is 1030 g/mol. The number of fused-ring (bicyclic) bond motifs is 2. The van der Waals surface area contributed by atoms with Gasteiger partial charge in [0, 0.05) is 44.4 Å². The summed E-state index contributed by atoms with van der Waals surface area (Å²) in [6.45, 7) is 15.2. The van der Waals surface area contributed by atoms with Gasteiger partial charge in [-0.2, -0.15) is 0 Å². The Balaban J connectivity index is 0.000000186. The normalized spacial score (nSPS) is 12.4. The number of Topliss-reactive ketones (excluding diaryl/α,β-unsaturated/α-hetero) is 2. The number of halogens is 3. The van der Waals surface area contributed by atoms with E-state index in [9.17, 15) is 23.2 Å². The summed E-state index contributed by atoms with van der Waals surface area (Å²) in [6, 6.07) is 30.1. The van der Waals surface area contributed by atoms with Crippen molar-refractivity contribution in [3.8, 4) is 56.4 Å². The molecule has 0 saturated carbocycles. The van der Waals surface area contributed by atoms with E-state index in [1.165, 1.54) is 26.4 Å². The van der Waals surface area contributed by atoms with Crippen LogP contribution in [0.2, 0.25) is 0 Å². The predicted molar refractivity (Wildman–Crippen MR) is 280 cm³/mol. The smallest absolute Gasteiger partial charge is 0.407 e. The third-order valence-electron chi connectivity index (χ3n) is 11.9. The van der Waals surface area contributed by atoms with Gasteiger partial charge in [0.2, 0.25) is 0 Å². The van der Waals surface area contributed by atoms with Gasteiger partial charge in [-0.3, -0.25) is 9.59 Å². The number of ketones is 2. The summed E-state index contributed by atoms with van der Waals surface area (Å²) in [5, 5.41) is 2.57. The van der Waals surface area contributed by atoms with E-state index in [1.807, 2.05) is 112 Å². The lowest BCUT2D eigenvalue weighted by Crippen LogP contribution is -2.32. The topological polar surface area (TPSA) is 135 Å². The predicted octanol–water partition coefficient (Wildman–Crippen LogP) is 13.3. The highest BCUT2D eigenvalue weighted by atomic mass is 79.9. The zero-order valence-electron chi connectivity index (χ0n) is 41.7. The minimum atomic E-state index is -0.612. The van der Waals surface area contributed by atoms with Gasteiger partial charge in [-0.1, -0.05) is 58.4 Å². The first kappa shape index (κ1) is 53.3. The van der Waals surface area contributed by atoms with Gasteiger partial charge in [-0.15, -0.1) is 0 Å². The fraction of sp³-hybridized carbons (Fsp3) is 0.259. The van der Waals surface area contributed by atoms with Gasteiger partial charge in [0.15, 0.2) is 11.6 Å². The third-order valence-corrected chi connectivity index (χ3v) is 12.4. The summed E-state index contributed by atoms with van der Waals surface area (Å²) in [5.74, 6) is 1.67. The SMILES string of the molecule is CC(=O)C1=Cc2cc(Br)ccc2OC1.COc1cc(-c2cccc(-c3ccc4c(c3)C=C(C(C)=O)CO4)c2C)cc(F)c1CN.COc1cc(-c2cccc(C)c2C)cc(F)c1CNC(=O)OC(C)(C)C. The van der Waals surface area contributed by atoms with Crippen LogP contribution in [-0.4, -0.2) is 50.7 Å². The maximum Gasteiger partial charge on any atom is 0.407 e. The molecule has 6 aromatic carbocycles. The van der Waals surface area contributed by atoms with Crippen LogP contribution in [0.25, 0.3) is 45.5 Å². The van der Waals surface area contributed by atoms with Crippen LogP contribution in [-0.2, 0) is 27.4 Å². The number of carbonyl (C=O) groups excluding carboxylic acids is 3. The molecule has 10 nitrogen and oxygen atoms in total. The minimum Gasteiger partial charge on any atom is -0.496 e. The lowest BCUT2D eigenvalue weighted by Gasteiger charge is -2.20. The Morgan fingerprint density at radius 3 is 1.69 bits per heavy atom. The Morgan fingerprint density at radius 1 is 0.662 bits per heavy atom. The van der Waals surface area contributed by atoms with Crippen LogP contribution in [0.3, 0.4) is 0 Å². The summed E-state index contributed by atoms with van der Waals surface area (Å²) in [4.78, 5) is 34.7. The number of nitrogens with one attached hydrogen (secondary N) is 1. The zero-order valence-corrected chi connectivity index (χ0v) is 43.3. The molecule has 0 spiro atoms. The third kappa shape index (κ3) is 13.2. The second kappa shape index (κ2) is 23.2. The number of aryl methyl sites for hydroxylation is 1. The molecule has 71 heavy (non-hydrogen) atoms. The summed E-state index contributed by atoms with van der Waals surface area (Å²) < 4.78 is 57.4. The molecule has 370 valence electrons. The van der Waals surface area contributed by atoms with E-state index in [1.54, 1.807) is 40.7 Å². The first-order chi connectivity index (χ1) is 33.7. The van der Waals surface area contributed by atoms with Crippen molar-refractivity contribution in [2.45, 2.75) is 74.1 Å². The molecule has 2 aliphatic rings. The number of hydrogen-bond donors (Lipinski definition) is 2. The number of benzene rings is 6. The number of nitrogens with two attached hydrogens (primary N) is 1. The molecule has 13 heteroatoms. The van der Waals surface area contributed by atoms with Crippen molar-refractivity contribution in [1.82, 2.24) is 5.32 Å². The summed E-state index contributed by atoms with van der Waals surface area (Å²) in [5.41, 5.74) is 17.5. The fourth-order valence-corrected chi connectivity index (χ4v) is 8.35. The second-order valence-corrected chi connectivity index (χ2v) is 18.9. The van der Waals surface area contributed by atoms with Crippen LogP contribution < -0.4 is 30.0 Å². The monoisotopic (exact) mass is 1030 g/mol. The van der Waals surface area contributed by atoms with E-state index in [2.05, 4.69) is 21.2 Å². The summed E-state index contributed by atoms with van der Waals surface area (Å²) in [7, 11) is 3.00. The molecule has 1 amide bonds. The Hall–Kier alpha value is -7.09. The van der Waals surface area contributed by atoms with Gasteiger partial charge in [-0.05, 0) is 172 Å². The number of amides is 1. The Kier molecular flexibility index (Phi) is 17.4. The highest BCUT2D eigenvalue weighted by Gasteiger charge is 2.21. The summed E-state index contributed by atoms with van der Waals surface area (Å²) in [6.07, 6.45) is 3.17. The van der Waals surface area contributed by atoms with Crippen LogP contribution in [0.4, 0.5) is 13.6 Å². The van der Waals surface area contributed by atoms with Gasteiger partial charge in [-0.25, -0.2) is 13.6 Å². The molecule has 0 aromatic heterocycles. The summed E-state index contributed by atoms with van der Waals surface area (Å²) >= 11 is 3.38. The van der Waals surface area contributed by atoms with E-state index >= 15 is 0 Å². The first-order valence-electron chi connectivity index (χ1n) is 22.9. The van der Waals surface area contributed by atoms with Crippen LogP contribution in [0.1, 0.15) is 73.6 Å². The number of carbonyl (C=O) groups is 3. The van der Waals surface area contributed by atoms with Crippen LogP contribution >= 0.6 is 15.9 Å². The van der Waals surface area contributed by atoms with Gasteiger partial charge in [0.05, 0.1) is 20.8 Å². The molecular weight excluding hydrogens is 971 g/mol. The number of ether oxygens (including phenoxy) is 5. The Morgan fingerprint density at radius 2 is 1.15 bits per heavy atom. The van der Waals surface area contributed by atoms with Crippen molar-refractivity contribution in [1.29, 1.82) is 0 Å². The molecule has 0 unspecified atom stereocenters. The Labute approximate surface area is 423 Å². The van der Waals surface area contributed by atoms with Gasteiger partial charge >= 0.3 is 6.09 Å². The van der Waals surface area contributed by atoms with Crippen LogP contribution in [0.5, 0.6) is 23.0 Å². The highest BCUT2D eigenvalue weighted by molar-refractivity contribution is 9.10. The Bertz CT molecular complexity index is 3060.